The van der Waals surface area contributed by atoms with Gasteiger partial charge in [-0.3, -0.25) is 4.79 Å². The van der Waals surface area contributed by atoms with Gasteiger partial charge < -0.3 is 19.7 Å². The normalized spacial score (nSPS) is 15.6. The predicted molar refractivity (Wildman–Crippen MR) is 144 cm³/mol. The van der Waals surface area contributed by atoms with Crippen LogP contribution < -0.4 is 19.7 Å². The molecule has 1 aliphatic rings. The second-order valence-corrected chi connectivity index (χ2v) is 9.62. The topological polar surface area (TPSA) is 81.0 Å². The molecule has 0 unspecified atom stereocenters. The van der Waals surface area contributed by atoms with E-state index in [0.717, 1.165) is 47.5 Å². The molecular formula is C29H33N5O3. The minimum Gasteiger partial charge on any atom is -0.493 e. The van der Waals surface area contributed by atoms with E-state index in [1.807, 2.05) is 28.9 Å². The van der Waals surface area contributed by atoms with Gasteiger partial charge in [-0.05, 0) is 56.0 Å². The molecule has 1 amide bonds. The lowest BCUT2D eigenvalue weighted by atomic mass is 9.97. The van der Waals surface area contributed by atoms with Gasteiger partial charge in [-0.2, -0.15) is 5.10 Å². The average Bonchev–Trinajstić information content (AvgIpc) is 3.35. The summed E-state index contributed by atoms with van der Waals surface area (Å²) in [6, 6.07) is 14.2. The van der Waals surface area contributed by atoms with Gasteiger partial charge in [0.15, 0.2) is 17.3 Å². The Morgan fingerprint density at radius 3 is 2.70 bits per heavy atom. The van der Waals surface area contributed by atoms with Crippen LogP contribution in [0, 0.1) is 19.8 Å². The van der Waals surface area contributed by atoms with Crippen LogP contribution in [0.3, 0.4) is 0 Å². The maximum atomic E-state index is 13.1. The Morgan fingerprint density at radius 2 is 1.92 bits per heavy atom. The molecular weight excluding hydrogens is 466 g/mol. The summed E-state index contributed by atoms with van der Waals surface area (Å²) in [6.45, 7) is 6.12. The number of benzene rings is 2. The number of fused-ring (bicyclic) bond motifs is 1. The van der Waals surface area contributed by atoms with Crippen molar-refractivity contribution in [1.82, 2.24) is 19.9 Å². The first-order valence-electron chi connectivity index (χ1n) is 12.6. The molecule has 0 bridgehead atoms. The molecule has 8 nitrogen and oxygen atoms in total. The first kappa shape index (κ1) is 24.6. The van der Waals surface area contributed by atoms with E-state index in [4.69, 9.17) is 19.6 Å². The number of aromatic nitrogens is 3. The number of rotatable bonds is 7. The molecule has 1 saturated heterocycles. The Bertz CT molecular complexity index is 1430. The van der Waals surface area contributed by atoms with Crippen molar-refractivity contribution in [2.45, 2.75) is 33.2 Å². The van der Waals surface area contributed by atoms with Crippen LogP contribution in [-0.4, -0.2) is 47.8 Å². The maximum absolute atomic E-state index is 13.1. The van der Waals surface area contributed by atoms with Gasteiger partial charge in [0.1, 0.15) is 5.52 Å². The lowest BCUT2D eigenvalue weighted by Gasteiger charge is -2.33. The van der Waals surface area contributed by atoms with Gasteiger partial charge in [0.2, 0.25) is 5.91 Å². The zero-order valence-electron chi connectivity index (χ0n) is 21.8. The number of nitrogens with zero attached hydrogens (tertiary/aromatic N) is 4. The highest BCUT2D eigenvalue weighted by Crippen LogP contribution is 2.30. The highest BCUT2D eigenvalue weighted by molar-refractivity contribution is 5.81. The smallest absolute Gasteiger partial charge is 0.225 e. The molecule has 1 N–H and O–H groups in total. The molecule has 37 heavy (non-hydrogen) atoms. The molecule has 2 aromatic carbocycles. The van der Waals surface area contributed by atoms with Crippen LogP contribution in [0.15, 0.2) is 54.9 Å². The van der Waals surface area contributed by atoms with Gasteiger partial charge in [0.25, 0.3) is 0 Å². The predicted octanol–water partition coefficient (Wildman–Crippen LogP) is 4.56. The molecule has 1 atom stereocenters. The Morgan fingerprint density at radius 1 is 1.08 bits per heavy atom. The van der Waals surface area contributed by atoms with Crippen LogP contribution in [0.2, 0.25) is 0 Å². The zero-order chi connectivity index (χ0) is 25.9. The fourth-order valence-electron chi connectivity index (χ4n) is 5.09. The number of carbonyl (C=O) groups excluding carboxylic acids is 1. The van der Waals surface area contributed by atoms with Crippen molar-refractivity contribution in [3.63, 3.8) is 0 Å². The molecule has 0 radical (unpaired) electrons. The lowest BCUT2D eigenvalue weighted by Crippen LogP contribution is -2.43. The molecule has 4 aromatic rings. The summed E-state index contributed by atoms with van der Waals surface area (Å²) in [5.41, 5.74) is 6.38. The molecule has 2 aromatic heterocycles. The van der Waals surface area contributed by atoms with Gasteiger partial charge in [0.05, 0.1) is 25.8 Å². The van der Waals surface area contributed by atoms with E-state index in [2.05, 4.69) is 48.3 Å². The minimum atomic E-state index is -0.113. The SMILES string of the molecule is COc1ccc(CNC(=O)[C@@H]2CCCN(c3nccn4nc(-c5ccc(C)cc5C)cc34)C2)cc1OC. The quantitative estimate of drug-likeness (QED) is 0.401. The van der Waals surface area contributed by atoms with Crippen molar-refractivity contribution in [3.8, 4) is 22.8 Å². The number of piperidine rings is 1. The van der Waals surface area contributed by atoms with Crippen LogP contribution in [0.25, 0.3) is 16.8 Å². The second kappa shape index (κ2) is 10.5. The van der Waals surface area contributed by atoms with E-state index in [-0.39, 0.29) is 11.8 Å². The number of anilines is 1. The van der Waals surface area contributed by atoms with Crippen LogP contribution in [0.1, 0.15) is 29.5 Å². The fraction of sp³-hybridized carbons (Fsp3) is 0.345. The number of hydrogen-bond donors (Lipinski definition) is 1. The summed E-state index contributed by atoms with van der Waals surface area (Å²) in [5.74, 6) is 2.12. The van der Waals surface area contributed by atoms with Gasteiger partial charge in [-0.25, -0.2) is 9.50 Å². The van der Waals surface area contributed by atoms with E-state index in [0.29, 0.717) is 24.6 Å². The van der Waals surface area contributed by atoms with E-state index in [1.54, 1.807) is 20.4 Å². The van der Waals surface area contributed by atoms with Gasteiger partial charge >= 0.3 is 0 Å². The summed E-state index contributed by atoms with van der Waals surface area (Å²) >= 11 is 0. The molecule has 1 fully saturated rings. The van der Waals surface area contributed by atoms with Crippen LogP contribution in [-0.2, 0) is 11.3 Å². The van der Waals surface area contributed by atoms with Crippen molar-refractivity contribution >= 4 is 17.2 Å². The zero-order valence-corrected chi connectivity index (χ0v) is 21.8. The lowest BCUT2D eigenvalue weighted by molar-refractivity contribution is -0.125. The Hall–Kier alpha value is -4.07. The first-order chi connectivity index (χ1) is 18.0. The Balaban J connectivity index is 1.31. The third kappa shape index (κ3) is 5.09. The summed E-state index contributed by atoms with van der Waals surface area (Å²) in [5, 5.41) is 7.93. The van der Waals surface area contributed by atoms with Crippen molar-refractivity contribution in [3.05, 3.63) is 71.5 Å². The number of amides is 1. The summed E-state index contributed by atoms with van der Waals surface area (Å²) in [6.07, 6.45) is 5.44. The maximum Gasteiger partial charge on any atom is 0.225 e. The largest absolute Gasteiger partial charge is 0.493 e. The minimum absolute atomic E-state index is 0.0518. The standard InChI is InChI=1S/C29H33N5O3/c1-19-7-9-23(20(2)14-19)24-16-25-28(30-11-13-34(25)32-24)33-12-5-6-22(18-33)29(35)31-17-21-8-10-26(36-3)27(15-21)37-4/h7-11,13-16,22H,5-6,12,17-18H2,1-4H3,(H,31,35)/t22-/m1/s1. The Labute approximate surface area is 217 Å². The van der Waals surface area contributed by atoms with E-state index >= 15 is 0 Å². The number of aryl methyl sites for hydroxylation is 2. The van der Waals surface area contributed by atoms with Crippen molar-refractivity contribution < 1.29 is 14.3 Å². The van der Waals surface area contributed by atoms with Crippen LogP contribution >= 0.6 is 0 Å². The highest BCUT2D eigenvalue weighted by Gasteiger charge is 2.28. The molecule has 0 saturated carbocycles. The Kier molecular flexibility index (Phi) is 6.99. The number of methoxy groups -OCH3 is 2. The van der Waals surface area contributed by atoms with Crippen molar-refractivity contribution in [2.75, 3.05) is 32.2 Å². The molecule has 0 aliphatic carbocycles. The first-order valence-corrected chi connectivity index (χ1v) is 12.6. The molecule has 3 heterocycles. The number of carbonyl (C=O) groups is 1. The third-order valence-corrected chi connectivity index (χ3v) is 7.03. The molecule has 0 spiro atoms. The number of nitrogens with one attached hydrogen (secondary N) is 1. The van der Waals surface area contributed by atoms with E-state index < -0.39 is 0 Å². The van der Waals surface area contributed by atoms with Gasteiger partial charge in [0, 0.05) is 37.6 Å². The summed E-state index contributed by atoms with van der Waals surface area (Å²) in [4.78, 5) is 20.0. The highest BCUT2D eigenvalue weighted by atomic mass is 16.5. The molecule has 192 valence electrons. The number of ether oxygens (including phenoxy) is 2. The van der Waals surface area contributed by atoms with Crippen molar-refractivity contribution in [2.24, 2.45) is 5.92 Å². The fourth-order valence-corrected chi connectivity index (χ4v) is 5.09. The average molecular weight is 500 g/mol. The molecule has 5 rings (SSSR count). The van der Waals surface area contributed by atoms with Crippen LogP contribution in [0.4, 0.5) is 5.82 Å². The third-order valence-electron chi connectivity index (χ3n) is 7.03. The van der Waals surface area contributed by atoms with Gasteiger partial charge in [-0.1, -0.05) is 29.8 Å². The second-order valence-electron chi connectivity index (χ2n) is 9.62. The van der Waals surface area contributed by atoms with Crippen LogP contribution in [0.5, 0.6) is 11.5 Å². The summed E-state index contributed by atoms with van der Waals surface area (Å²) < 4.78 is 12.6. The van der Waals surface area contributed by atoms with Gasteiger partial charge in [-0.15, -0.1) is 0 Å². The monoisotopic (exact) mass is 499 g/mol. The van der Waals surface area contributed by atoms with E-state index in [1.165, 1.54) is 11.1 Å². The molecule has 1 aliphatic heterocycles. The molecule has 8 heteroatoms. The van der Waals surface area contributed by atoms with Crippen molar-refractivity contribution in [1.29, 1.82) is 0 Å². The van der Waals surface area contributed by atoms with E-state index in [9.17, 15) is 4.79 Å². The number of hydrogen-bond acceptors (Lipinski definition) is 6. The summed E-state index contributed by atoms with van der Waals surface area (Å²) in [7, 11) is 3.22.